The Kier molecular flexibility index (Phi) is 8.29. The zero-order chi connectivity index (χ0) is 21.9. The van der Waals surface area contributed by atoms with E-state index in [4.69, 9.17) is 9.47 Å². The minimum atomic E-state index is -0.467. The van der Waals surface area contributed by atoms with Gasteiger partial charge < -0.3 is 19.8 Å². The monoisotopic (exact) mass is 420 g/mol. The number of benzene rings is 2. The lowest BCUT2D eigenvalue weighted by Crippen LogP contribution is -2.29. The van der Waals surface area contributed by atoms with Crippen LogP contribution in [0.4, 0.5) is 0 Å². The summed E-state index contributed by atoms with van der Waals surface area (Å²) in [7, 11) is 0. The molecular formula is C25H28N2O4. The van der Waals surface area contributed by atoms with Gasteiger partial charge in [0, 0.05) is 17.1 Å². The number of allylic oxidation sites excluding steroid dienone is 1. The van der Waals surface area contributed by atoms with E-state index in [2.05, 4.69) is 22.4 Å². The van der Waals surface area contributed by atoms with Crippen LogP contribution in [0.5, 0.6) is 0 Å². The molecule has 0 bridgehead atoms. The van der Waals surface area contributed by atoms with Crippen molar-refractivity contribution in [3.8, 4) is 0 Å². The van der Waals surface area contributed by atoms with Crippen molar-refractivity contribution in [2.75, 3.05) is 13.2 Å². The van der Waals surface area contributed by atoms with Gasteiger partial charge in [-0.25, -0.2) is 4.79 Å². The smallest absolute Gasteiger partial charge is 0.354 e. The van der Waals surface area contributed by atoms with Crippen LogP contribution in [0, 0.1) is 0 Å². The highest BCUT2D eigenvalue weighted by Gasteiger charge is 2.12. The first kappa shape index (κ1) is 22.2. The number of para-hydroxylation sites is 1. The van der Waals surface area contributed by atoms with Crippen molar-refractivity contribution >= 4 is 22.8 Å². The number of ether oxygens (including phenoxy) is 2. The van der Waals surface area contributed by atoms with Crippen molar-refractivity contribution < 1.29 is 19.1 Å². The number of carbonyl (C=O) groups is 2. The lowest BCUT2D eigenvalue weighted by molar-refractivity contribution is -0.143. The van der Waals surface area contributed by atoms with Crippen LogP contribution in [0.25, 0.3) is 10.9 Å². The topological polar surface area (TPSA) is 80.4 Å². The molecule has 0 radical (unpaired) electrons. The predicted octanol–water partition coefficient (Wildman–Crippen LogP) is 4.27. The van der Waals surface area contributed by atoms with E-state index in [1.54, 1.807) is 13.0 Å². The molecule has 0 aliphatic heterocycles. The van der Waals surface area contributed by atoms with Crippen molar-refractivity contribution in [1.29, 1.82) is 0 Å². The Balaban J connectivity index is 1.50. The molecule has 6 heteroatoms. The largest absolute Gasteiger partial charge is 0.461 e. The van der Waals surface area contributed by atoms with Crippen LogP contribution < -0.4 is 5.32 Å². The Labute approximate surface area is 182 Å². The molecule has 0 atom stereocenters. The summed E-state index contributed by atoms with van der Waals surface area (Å²) in [5, 5.41) is 4.09. The molecule has 0 aliphatic carbocycles. The number of hydrogen-bond donors (Lipinski definition) is 2. The summed E-state index contributed by atoms with van der Waals surface area (Å²) in [5.74, 6) is -0.900. The molecule has 0 saturated carbocycles. The highest BCUT2D eigenvalue weighted by Crippen LogP contribution is 2.19. The fourth-order valence-corrected chi connectivity index (χ4v) is 3.27. The normalized spacial score (nSPS) is 11.3. The fourth-order valence-electron chi connectivity index (χ4n) is 3.27. The van der Waals surface area contributed by atoms with Gasteiger partial charge in [-0.1, -0.05) is 54.6 Å². The standard InChI is InChI=1S/C25H28N2O4/c1-2-30-25(29)23(27-17-24(28)31-18-19-10-4-3-5-11-19)15-8-6-12-20-16-26-22-14-9-7-13-21(20)22/h3-5,7,9-11,13-16,26-27H,2,6,8,12,17-18H2,1H3/b23-15+. The molecule has 2 N–H and O–H groups in total. The van der Waals surface area contributed by atoms with Gasteiger partial charge in [0.2, 0.25) is 0 Å². The Morgan fingerprint density at radius 2 is 1.81 bits per heavy atom. The van der Waals surface area contributed by atoms with Gasteiger partial charge in [-0.2, -0.15) is 0 Å². The van der Waals surface area contributed by atoms with E-state index in [1.807, 2.05) is 48.7 Å². The van der Waals surface area contributed by atoms with E-state index in [-0.39, 0.29) is 25.5 Å². The molecule has 31 heavy (non-hydrogen) atoms. The van der Waals surface area contributed by atoms with Crippen molar-refractivity contribution in [3.05, 3.63) is 83.7 Å². The molecule has 0 amide bonds. The third-order valence-corrected chi connectivity index (χ3v) is 4.83. The zero-order valence-electron chi connectivity index (χ0n) is 17.7. The number of aromatic amines is 1. The maximum Gasteiger partial charge on any atom is 0.354 e. The number of fused-ring (bicyclic) bond motifs is 1. The molecule has 0 aliphatic rings. The number of hydrogen-bond acceptors (Lipinski definition) is 5. The van der Waals surface area contributed by atoms with E-state index >= 15 is 0 Å². The molecule has 0 fully saturated rings. The average Bonchev–Trinajstić information content (AvgIpc) is 3.21. The molecule has 0 unspecified atom stereocenters. The summed E-state index contributed by atoms with van der Waals surface area (Å²) < 4.78 is 10.3. The third-order valence-electron chi connectivity index (χ3n) is 4.83. The van der Waals surface area contributed by atoms with Crippen molar-refractivity contribution in [1.82, 2.24) is 10.3 Å². The SMILES string of the molecule is CCOC(=O)/C(=C\CCCc1c[nH]c2ccccc12)NCC(=O)OCc1ccccc1. The van der Waals surface area contributed by atoms with Gasteiger partial charge in [-0.3, -0.25) is 4.79 Å². The summed E-state index contributed by atoms with van der Waals surface area (Å²) in [6.45, 7) is 2.12. The first-order valence-corrected chi connectivity index (χ1v) is 10.5. The molecule has 1 aromatic heterocycles. The molecular weight excluding hydrogens is 392 g/mol. The molecule has 2 aromatic carbocycles. The molecule has 3 rings (SSSR count). The maximum atomic E-state index is 12.2. The van der Waals surface area contributed by atoms with Crippen molar-refractivity contribution in [2.24, 2.45) is 0 Å². The minimum absolute atomic E-state index is 0.0973. The molecule has 1 heterocycles. The fraction of sp³-hybridized carbons (Fsp3) is 0.280. The molecule has 0 saturated heterocycles. The summed E-state index contributed by atoms with van der Waals surface area (Å²) in [5.41, 5.74) is 3.57. The predicted molar refractivity (Wildman–Crippen MR) is 120 cm³/mol. The molecule has 3 aromatic rings. The maximum absolute atomic E-state index is 12.2. The highest BCUT2D eigenvalue weighted by molar-refractivity contribution is 5.88. The Hall–Kier alpha value is -3.54. The van der Waals surface area contributed by atoms with Gasteiger partial charge in [0.05, 0.1) is 6.61 Å². The van der Waals surface area contributed by atoms with Crippen LogP contribution in [0.2, 0.25) is 0 Å². The number of nitrogens with one attached hydrogen (secondary N) is 2. The van der Waals surface area contributed by atoms with Crippen LogP contribution in [0.1, 0.15) is 30.9 Å². The van der Waals surface area contributed by atoms with Gasteiger partial charge in [0.15, 0.2) is 0 Å². The van der Waals surface area contributed by atoms with Crippen molar-refractivity contribution in [2.45, 2.75) is 32.8 Å². The van der Waals surface area contributed by atoms with E-state index in [0.717, 1.165) is 23.9 Å². The first-order chi connectivity index (χ1) is 15.2. The second-order valence-corrected chi connectivity index (χ2v) is 7.09. The Bertz CT molecular complexity index is 1020. The van der Waals surface area contributed by atoms with Gasteiger partial charge in [0.25, 0.3) is 0 Å². The summed E-state index contributed by atoms with van der Waals surface area (Å²) >= 11 is 0. The number of rotatable bonds is 11. The summed E-state index contributed by atoms with van der Waals surface area (Å²) in [6, 6.07) is 17.6. The second-order valence-electron chi connectivity index (χ2n) is 7.09. The zero-order valence-corrected chi connectivity index (χ0v) is 17.7. The van der Waals surface area contributed by atoms with Gasteiger partial charge in [-0.05, 0) is 43.4 Å². The van der Waals surface area contributed by atoms with Crippen LogP contribution in [0.3, 0.4) is 0 Å². The number of esters is 2. The van der Waals surface area contributed by atoms with E-state index in [1.165, 1.54) is 10.9 Å². The molecule has 162 valence electrons. The average molecular weight is 421 g/mol. The number of aryl methyl sites for hydroxylation is 1. The first-order valence-electron chi connectivity index (χ1n) is 10.5. The lowest BCUT2D eigenvalue weighted by atomic mass is 10.1. The van der Waals surface area contributed by atoms with Crippen LogP contribution >= 0.6 is 0 Å². The van der Waals surface area contributed by atoms with Gasteiger partial charge >= 0.3 is 11.9 Å². The van der Waals surface area contributed by atoms with Gasteiger partial charge in [0.1, 0.15) is 18.8 Å². The number of carbonyl (C=O) groups excluding carboxylic acids is 2. The Morgan fingerprint density at radius 1 is 1.03 bits per heavy atom. The quantitative estimate of drug-likeness (QED) is 0.275. The third kappa shape index (κ3) is 6.74. The second kappa shape index (κ2) is 11.6. The summed E-state index contributed by atoms with van der Waals surface area (Å²) in [6.07, 6.45) is 6.25. The van der Waals surface area contributed by atoms with E-state index in [0.29, 0.717) is 6.42 Å². The lowest BCUT2D eigenvalue weighted by Gasteiger charge is -2.10. The van der Waals surface area contributed by atoms with Crippen LogP contribution in [-0.2, 0) is 32.1 Å². The highest BCUT2D eigenvalue weighted by atomic mass is 16.5. The number of unbranched alkanes of at least 4 members (excludes halogenated alkanes) is 1. The molecule has 0 spiro atoms. The minimum Gasteiger partial charge on any atom is -0.461 e. The summed E-state index contributed by atoms with van der Waals surface area (Å²) in [4.78, 5) is 27.5. The molecule has 6 nitrogen and oxygen atoms in total. The number of aromatic nitrogens is 1. The number of H-pyrrole nitrogens is 1. The van der Waals surface area contributed by atoms with Crippen molar-refractivity contribution in [3.63, 3.8) is 0 Å². The Morgan fingerprint density at radius 3 is 2.61 bits per heavy atom. The van der Waals surface area contributed by atoms with Gasteiger partial charge in [-0.15, -0.1) is 0 Å². The van der Waals surface area contributed by atoms with Crippen LogP contribution in [-0.4, -0.2) is 30.1 Å². The van der Waals surface area contributed by atoms with E-state index in [9.17, 15) is 9.59 Å². The van der Waals surface area contributed by atoms with Crippen LogP contribution in [0.15, 0.2) is 72.6 Å². The van der Waals surface area contributed by atoms with E-state index < -0.39 is 11.9 Å².